The predicted octanol–water partition coefficient (Wildman–Crippen LogP) is 3.14. The van der Waals surface area contributed by atoms with Crippen LogP contribution in [0, 0.1) is 0 Å². The molecule has 0 aliphatic heterocycles. The van der Waals surface area contributed by atoms with E-state index >= 15 is 0 Å². The lowest BCUT2D eigenvalue weighted by Crippen LogP contribution is -2.35. The molecule has 1 atom stereocenters. The molecule has 1 amide bonds. The third-order valence-electron chi connectivity index (χ3n) is 2.89. The van der Waals surface area contributed by atoms with E-state index in [2.05, 4.69) is 16.3 Å². The van der Waals surface area contributed by atoms with Crippen LogP contribution in [0.1, 0.15) is 10.9 Å². The molecule has 2 aromatic rings. The second-order valence-electron chi connectivity index (χ2n) is 4.58. The molecule has 5 heteroatoms. The summed E-state index contributed by atoms with van der Waals surface area (Å²) in [4.78, 5) is 15.1. The van der Waals surface area contributed by atoms with Crippen LogP contribution in [0.5, 0.6) is 5.75 Å². The molecule has 1 N–H and O–H groups in total. The fourth-order valence-corrected chi connectivity index (χ4v) is 2.75. The molecule has 0 saturated carbocycles. The number of likely N-dealkylation sites (N-methyl/N-ethyl adjacent to an activating group) is 1. The minimum absolute atomic E-state index is 0.151. The third kappa shape index (κ3) is 4.08. The van der Waals surface area contributed by atoms with Crippen molar-refractivity contribution in [2.24, 2.45) is 0 Å². The van der Waals surface area contributed by atoms with Gasteiger partial charge >= 0.3 is 6.09 Å². The molecular weight excluding hydrogens is 272 g/mol. The van der Waals surface area contributed by atoms with Gasteiger partial charge in [0.25, 0.3) is 0 Å². The summed E-state index contributed by atoms with van der Waals surface area (Å²) in [6.45, 7) is 0.513. The van der Waals surface area contributed by atoms with E-state index in [0.29, 0.717) is 12.3 Å². The first-order valence-electron chi connectivity index (χ1n) is 6.37. The minimum Gasteiger partial charge on any atom is -0.410 e. The van der Waals surface area contributed by atoms with Crippen LogP contribution in [0.2, 0.25) is 0 Å². The van der Waals surface area contributed by atoms with E-state index < -0.39 is 6.09 Å². The number of hydrogen-bond donors (Lipinski definition) is 1. The highest BCUT2D eigenvalue weighted by atomic mass is 32.1. The average Bonchev–Trinajstić information content (AvgIpc) is 2.93. The molecule has 0 aliphatic carbocycles. The number of carbonyl (C=O) groups excluding carboxylic acids is 1. The van der Waals surface area contributed by atoms with Gasteiger partial charge in [-0.05, 0) is 37.7 Å². The molecule has 0 aliphatic rings. The lowest BCUT2D eigenvalue weighted by atomic mass is 10.2. The van der Waals surface area contributed by atoms with Crippen LogP contribution in [0.15, 0.2) is 47.8 Å². The van der Waals surface area contributed by atoms with Crippen molar-refractivity contribution in [1.82, 2.24) is 10.2 Å². The Labute approximate surface area is 123 Å². The number of benzene rings is 1. The van der Waals surface area contributed by atoms with Crippen molar-refractivity contribution in [3.05, 3.63) is 52.7 Å². The molecule has 1 aromatic carbocycles. The van der Waals surface area contributed by atoms with Gasteiger partial charge in [-0.15, -0.1) is 11.3 Å². The fourth-order valence-electron chi connectivity index (χ4n) is 1.83. The number of nitrogens with zero attached hydrogens (tertiary/aromatic N) is 1. The van der Waals surface area contributed by atoms with E-state index in [1.807, 2.05) is 43.7 Å². The Kier molecular flexibility index (Phi) is 5.15. The zero-order valence-corrected chi connectivity index (χ0v) is 12.4. The quantitative estimate of drug-likeness (QED) is 0.920. The zero-order chi connectivity index (χ0) is 14.4. The maximum absolute atomic E-state index is 11.8. The lowest BCUT2D eigenvalue weighted by molar-refractivity contribution is 0.194. The molecule has 1 heterocycles. The standard InChI is InChI=1S/C15H18N2O2S/c1-17(2)13(14-9-6-10-20-14)11-16-15(18)19-12-7-4-3-5-8-12/h3-10,13H,11H2,1-2H3,(H,16,18). The van der Waals surface area contributed by atoms with Crippen molar-refractivity contribution in [3.8, 4) is 5.75 Å². The fraction of sp³-hybridized carbons (Fsp3) is 0.267. The normalized spacial score (nSPS) is 12.2. The Morgan fingerprint density at radius 2 is 2.00 bits per heavy atom. The highest BCUT2D eigenvalue weighted by Crippen LogP contribution is 2.22. The summed E-state index contributed by atoms with van der Waals surface area (Å²) in [5, 5.41) is 4.84. The SMILES string of the molecule is CN(C)C(CNC(=O)Oc1ccccc1)c1cccs1. The summed E-state index contributed by atoms with van der Waals surface area (Å²) in [7, 11) is 3.99. The zero-order valence-electron chi connectivity index (χ0n) is 11.6. The minimum atomic E-state index is -0.431. The molecule has 0 spiro atoms. The number of rotatable bonds is 5. The summed E-state index contributed by atoms with van der Waals surface area (Å²) >= 11 is 1.68. The van der Waals surface area contributed by atoms with Gasteiger partial charge in [0.2, 0.25) is 0 Å². The lowest BCUT2D eigenvalue weighted by Gasteiger charge is -2.23. The van der Waals surface area contributed by atoms with Gasteiger partial charge in [-0.3, -0.25) is 0 Å². The molecule has 0 bridgehead atoms. The number of thiophene rings is 1. The van der Waals surface area contributed by atoms with Crippen LogP contribution in [0.25, 0.3) is 0 Å². The van der Waals surface area contributed by atoms with Crippen LogP contribution >= 0.6 is 11.3 Å². The van der Waals surface area contributed by atoms with Gasteiger partial charge in [0.1, 0.15) is 5.75 Å². The largest absolute Gasteiger partial charge is 0.412 e. The highest BCUT2D eigenvalue weighted by Gasteiger charge is 2.16. The van der Waals surface area contributed by atoms with Crippen molar-refractivity contribution in [1.29, 1.82) is 0 Å². The summed E-state index contributed by atoms with van der Waals surface area (Å²) in [5.74, 6) is 0.544. The topological polar surface area (TPSA) is 41.6 Å². The van der Waals surface area contributed by atoms with Crippen LogP contribution < -0.4 is 10.1 Å². The first-order valence-corrected chi connectivity index (χ1v) is 7.25. The number of ether oxygens (including phenoxy) is 1. The molecule has 2 rings (SSSR count). The van der Waals surface area contributed by atoms with Crippen molar-refractivity contribution >= 4 is 17.4 Å². The number of para-hydroxylation sites is 1. The van der Waals surface area contributed by atoms with Crippen molar-refractivity contribution in [2.45, 2.75) is 6.04 Å². The van der Waals surface area contributed by atoms with Crippen molar-refractivity contribution in [3.63, 3.8) is 0 Å². The van der Waals surface area contributed by atoms with Crippen LogP contribution in [-0.2, 0) is 0 Å². The van der Waals surface area contributed by atoms with Crippen LogP contribution in [0.4, 0.5) is 4.79 Å². The van der Waals surface area contributed by atoms with E-state index in [4.69, 9.17) is 4.74 Å². The number of hydrogen-bond acceptors (Lipinski definition) is 4. The Balaban J connectivity index is 1.88. The molecule has 4 nitrogen and oxygen atoms in total. The Bertz CT molecular complexity index is 526. The van der Waals surface area contributed by atoms with Gasteiger partial charge in [0.05, 0.1) is 6.04 Å². The van der Waals surface area contributed by atoms with Gasteiger partial charge in [-0.2, -0.15) is 0 Å². The summed E-state index contributed by atoms with van der Waals surface area (Å²) in [5.41, 5.74) is 0. The highest BCUT2D eigenvalue weighted by molar-refractivity contribution is 7.10. The smallest absolute Gasteiger partial charge is 0.410 e. The first-order chi connectivity index (χ1) is 9.66. The third-order valence-corrected chi connectivity index (χ3v) is 3.86. The Hall–Kier alpha value is -1.85. The maximum atomic E-state index is 11.8. The van der Waals surface area contributed by atoms with Gasteiger partial charge < -0.3 is 15.0 Å². The maximum Gasteiger partial charge on any atom is 0.412 e. The molecule has 1 unspecified atom stereocenters. The predicted molar refractivity (Wildman–Crippen MR) is 81.2 cm³/mol. The van der Waals surface area contributed by atoms with E-state index in [1.165, 1.54) is 4.88 Å². The average molecular weight is 290 g/mol. The van der Waals surface area contributed by atoms with Gasteiger partial charge in [0.15, 0.2) is 0 Å². The van der Waals surface area contributed by atoms with Crippen LogP contribution in [0.3, 0.4) is 0 Å². The molecule has 106 valence electrons. The second kappa shape index (κ2) is 7.07. The second-order valence-corrected chi connectivity index (χ2v) is 5.56. The van der Waals surface area contributed by atoms with Crippen molar-refractivity contribution < 1.29 is 9.53 Å². The number of amides is 1. The van der Waals surface area contributed by atoms with Gasteiger partial charge in [-0.1, -0.05) is 24.3 Å². The van der Waals surface area contributed by atoms with E-state index in [1.54, 1.807) is 23.5 Å². The number of carbonyl (C=O) groups is 1. The molecule has 20 heavy (non-hydrogen) atoms. The molecular formula is C15H18N2O2S. The molecule has 1 aromatic heterocycles. The number of nitrogens with one attached hydrogen (secondary N) is 1. The van der Waals surface area contributed by atoms with Gasteiger partial charge in [-0.25, -0.2) is 4.79 Å². The molecule has 0 saturated heterocycles. The Morgan fingerprint density at radius 1 is 1.25 bits per heavy atom. The first kappa shape index (κ1) is 14.6. The Morgan fingerprint density at radius 3 is 2.60 bits per heavy atom. The van der Waals surface area contributed by atoms with Crippen molar-refractivity contribution in [2.75, 3.05) is 20.6 Å². The summed E-state index contributed by atoms with van der Waals surface area (Å²) < 4.78 is 5.20. The molecule has 0 fully saturated rings. The van der Waals surface area contributed by atoms with Gasteiger partial charge in [0, 0.05) is 11.4 Å². The van der Waals surface area contributed by atoms with E-state index in [-0.39, 0.29) is 6.04 Å². The van der Waals surface area contributed by atoms with E-state index in [0.717, 1.165) is 0 Å². The molecule has 0 radical (unpaired) electrons. The van der Waals surface area contributed by atoms with Crippen LogP contribution in [-0.4, -0.2) is 31.6 Å². The monoisotopic (exact) mass is 290 g/mol. The van der Waals surface area contributed by atoms with E-state index in [9.17, 15) is 4.79 Å². The summed E-state index contributed by atoms with van der Waals surface area (Å²) in [6, 6.07) is 13.3. The summed E-state index contributed by atoms with van der Waals surface area (Å²) in [6.07, 6.45) is -0.431.